The average Bonchev–Trinajstić information content (AvgIpc) is 3.51. The first-order chi connectivity index (χ1) is 17.2. The minimum Gasteiger partial charge on any atom is -0.332 e. The second-order valence-electron chi connectivity index (χ2n) is 8.92. The maximum absolute atomic E-state index is 14.8. The fourth-order valence-electron chi connectivity index (χ4n) is 4.71. The smallest absolute Gasteiger partial charge is 0.332 e. The highest BCUT2D eigenvalue weighted by atomic mass is 19.4. The minimum atomic E-state index is -4.43. The Morgan fingerprint density at radius 3 is 2.61 bits per heavy atom. The Labute approximate surface area is 204 Å². The molecule has 1 aliphatic heterocycles. The molecule has 6 nitrogen and oxygen atoms in total. The predicted octanol–water partition coefficient (Wildman–Crippen LogP) is 5.13. The van der Waals surface area contributed by atoms with Crippen molar-refractivity contribution in [2.75, 3.05) is 6.54 Å². The minimum absolute atomic E-state index is 0.184. The molecule has 0 saturated heterocycles. The van der Waals surface area contributed by atoms with Crippen molar-refractivity contribution in [1.29, 1.82) is 0 Å². The molecule has 4 aromatic rings. The normalized spacial score (nSPS) is 16.1. The van der Waals surface area contributed by atoms with E-state index in [9.17, 15) is 22.0 Å². The molecule has 0 bridgehead atoms. The van der Waals surface area contributed by atoms with Crippen molar-refractivity contribution in [3.05, 3.63) is 89.9 Å². The summed E-state index contributed by atoms with van der Waals surface area (Å²) < 4.78 is 71.4. The highest BCUT2D eigenvalue weighted by Crippen LogP contribution is 2.33. The molecule has 0 spiro atoms. The molecular formula is C25H23F5N6. The molecule has 0 N–H and O–H groups in total. The van der Waals surface area contributed by atoms with Gasteiger partial charge in [0.15, 0.2) is 0 Å². The third-order valence-corrected chi connectivity index (χ3v) is 6.69. The van der Waals surface area contributed by atoms with Crippen LogP contribution in [-0.4, -0.2) is 41.8 Å². The van der Waals surface area contributed by atoms with Gasteiger partial charge in [0, 0.05) is 42.9 Å². The van der Waals surface area contributed by atoms with Gasteiger partial charge >= 0.3 is 6.18 Å². The van der Waals surface area contributed by atoms with Gasteiger partial charge in [-0.3, -0.25) is 9.58 Å². The van der Waals surface area contributed by atoms with Crippen molar-refractivity contribution in [1.82, 2.24) is 29.2 Å². The van der Waals surface area contributed by atoms with Crippen LogP contribution in [0.1, 0.15) is 29.8 Å². The van der Waals surface area contributed by atoms with Gasteiger partial charge in [-0.1, -0.05) is 18.2 Å². The van der Waals surface area contributed by atoms with Crippen LogP contribution in [0.25, 0.3) is 11.3 Å². The van der Waals surface area contributed by atoms with E-state index in [0.717, 1.165) is 18.2 Å². The topological polar surface area (TPSA) is 51.8 Å². The van der Waals surface area contributed by atoms with Gasteiger partial charge in [0.25, 0.3) is 0 Å². The molecule has 2 aromatic carbocycles. The van der Waals surface area contributed by atoms with E-state index >= 15 is 0 Å². The zero-order valence-corrected chi connectivity index (χ0v) is 19.3. The third-order valence-electron chi connectivity index (χ3n) is 6.69. The lowest BCUT2D eigenvalue weighted by molar-refractivity contribution is -0.137. The summed E-state index contributed by atoms with van der Waals surface area (Å²) in [4.78, 5) is 10.7. The Morgan fingerprint density at radius 1 is 1.06 bits per heavy atom. The second kappa shape index (κ2) is 9.45. The molecule has 2 aromatic heterocycles. The van der Waals surface area contributed by atoms with Gasteiger partial charge in [-0.15, -0.1) is 0 Å². The summed E-state index contributed by atoms with van der Waals surface area (Å²) >= 11 is 0. The molecule has 0 radical (unpaired) electrons. The number of halogens is 5. The zero-order chi connectivity index (χ0) is 25.4. The Hall–Kier alpha value is -3.60. The predicted molar refractivity (Wildman–Crippen MR) is 122 cm³/mol. The molecule has 0 amide bonds. The number of benzene rings is 2. The molecule has 0 fully saturated rings. The summed E-state index contributed by atoms with van der Waals surface area (Å²) in [5.41, 5.74) is 0.509. The van der Waals surface area contributed by atoms with Crippen LogP contribution in [0.2, 0.25) is 0 Å². The summed E-state index contributed by atoms with van der Waals surface area (Å²) in [5, 5.41) is 4.15. The first kappa shape index (κ1) is 24.1. The van der Waals surface area contributed by atoms with Crippen LogP contribution in [0.15, 0.2) is 61.3 Å². The molecule has 188 valence electrons. The molecule has 2 unspecified atom stereocenters. The SMILES string of the molecule is CC(C(Cn1cncn1)c1ccc(F)cc1F)N1CCn2cc(-c3cccc(C(F)(F)F)c3)nc2C1. The second-order valence-corrected chi connectivity index (χ2v) is 8.92. The van der Waals surface area contributed by atoms with Crippen molar-refractivity contribution < 1.29 is 22.0 Å². The summed E-state index contributed by atoms with van der Waals surface area (Å²) in [6.45, 7) is 3.94. The highest BCUT2D eigenvalue weighted by Gasteiger charge is 2.32. The van der Waals surface area contributed by atoms with Gasteiger partial charge in [0.05, 0.1) is 24.3 Å². The molecule has 1 aliphatic rings. The van der Waals surface area contributed by atoms with Crippen molar-refractivity contribution in [2.45, 2.75) is 44.7 Å². The number of hydrogen-bond acceptors (Lipinski definition) is 4. The number of imidazole rings is 1. The van der Waals surface area contributed by atoms with E-state index in [1.807, 2.05) is 11.5 Å². The largest absolute Gasteiger partial charge is 0.416 e. The highest BCUT2D eigenvalue weighted by molar-refractivity contribution is 5.60. The lowest BCUT2D eigenvalue weighted by Crippen LogP contribution is -2.43. The van der Waals surface area contributed by atoms with Gasteiger partial charge in [0.2, 0.25) is 0 Å². The summed E-state index contributed by atoms with van der Waals surface area (Å²) in [6, 6.07) is 8.50. The number of nitrogens with zero attached hydrogens (tertiary/aromatic N) is 6. The molecule has 0 aliphatic carbocycles. The van der Waals surface area contributed by atoms with Crippen molar-refractivity contribution in [3.63, 3.8) is 0 Å². The Morgan fingerprint density at radius 2 is 1.89 bits per heavy atom. The maximum Gasteiger partial charge on any atom is 0.416 e. The molecule has 2 atom stereocenters. The van der Waals surface area contributed by atoms with E-state index in [0.29, 0.717) is 48.8 Å². The summed E-state index contributed by atoms with van der Waals surface area (Å²) in [5.74, 6) is -0.931. The fraction of sp³-hybridized carbons (Fsp3) is 0.320. The van der Waals surface area contributed by atoms with E-state index in [4.69, 9.17) is 0 Å². The number of alkyl halides is 3. The number of fused-ring (bicyclic) bond motifs is 1. The van der Waals surface area contributed by atoms with Gasteiger partial charge in [-0.2, -0.15) is 18.3 Å². The fourth-order valence-corrected chi connectivity index (χ4v) is 4.71. The van der Waals surface area contributed by atoms with E-state index in [1.54, 1.807) is 23.3 Å². The average molecular weight is 502 g/mol. The van der Waals surface area contributed by atoms with Crippen LogP contribution in [0.5, 0.6) is 0 Å². The van der Waals surface area contributed by atoms with E-state index in [2.05, 4.69) is 20.0 Å². The van der Waals surface area contributed by atoms with Crippen molar-refractivity contribution >= 4 is 0 Å². The molecule has 36 heavy (non-hydrogen) atoms. The number of aromatic nitrogens is 5. The Bertz CT molecular complexity index is 1350. The van der Waals surface area contributed by atoms with Gasteiger partial charge in [-0.05, 0) is 30.7 Å². The van der Waals surface area contributed by atoms with Crippen LogP contribution < -0.4 is 0 Å². The first-order valence-corrected chi connectivity index (χ1v) is 11.4. The summed E-state index contributed by atoms with van der Waals surface area (Å²) in [6.07, 6.45) is 0.275. The number of hydrogen-bond donors (Lipinski definition) is 0. The molecule has 0 saturated carbocycles. The third kappa shape index (κ3) is 4.88. The van der Waals surface area contributed by atoms with E-state index in [1.165, 1.54) is 24.5 Å². The van der Waals surface area contributed by atoms with Gasteiger partial charge < -0.3 is 4.57 Å². The van der Waals surface area contributed by atoms with E-state index in [-0.39, 0.29) is 12.0 Å². The van der Waals surface area contributed by atoms with Gasteiger partial charge in [0.1, 0.15) is 30.1 Å². The molecule has 3 heterocycles. The maximum atomic E-state index is 14.8. The van der Waals surface area contributed by atoms with Crippen molar-refractivity contribution in [2.24, 2.45) is 0 Å². The Kier molecular flexibility index (Phi) is 6.33. The standard InChI is InChI=1S/C25H23F5N6/c1-16(21(11-36-15-31-14-32-36)20-6-5-19(26)10-22(20)27)34-7-8-35-12-23(33-24(35)13-34)17-3-2-4-18(9-17)25(28,29)30/h2-6,9-10,12,14-16,21H,7-8,11,13H2,1H3. The monoisotopic (exact) mass is 502 g/mol. The Balaban J connectivity index is 1.41. The van der Waals surface area contributed by atoms with Crippen molar-refractivity contribution in [3.8, 4) is 11.3 Å². The quantitative estimate of drug-likeness (QED) is 0.343. The molecule has 5 rings (SSSR count). The van der Waals surface area contributed by atoms with Crippen LogP contribution in [0.4, 0.5) is 22.0 Å². The lowest BCUT2D eigenvalue weighted by Gasteiger charge is -2.37. The van der Waals surface area contributed by atoms with Crippen LogP contribution in [-0.2, 0) is 25.8 Å². The molecular weight excluding hydrogens is 479 g/mol. The van der Waals surface area contributed by atoms with Crippen LogP contribution >= 0.6 is 0 Å². The first-order valence-electron chi connectivity index (χ1n) is 11.4. The number of rotatable bonds is 6. The van der Waals surface area contributed by atoms with Crippen LogP contribution in [0, 0.1) is 11.6 Å². The van der Waals surface area contributed by atoms with Gasteiger partial charge in [-0.25, -0.2) is 18.7 Å². The zero-order valence-electron chi connectivity index (χ0n) is 19.3. The summed E-state index contributed by atoms with van der Waals surface area (Å²) in [7, 11) is 0. The molecule has 11 heteroatoms. The lowest BCUT2D eigenvalue weighted by atomic mass is 9.90. The van der Waals surface area contributed by atoms with Crippen LogP contribution in [0.3, 0.4) is 0 Å². The van der Waals surface area contributed by atoms with E-state index < -0.39 is 23.4 Å².